The summed E-state index contributed by atoms with van der Waals surface area (Å²) < 4.78 is 17.2. The normalized spacial score (nSPS) is 31.8. The van der Waals surface area contributed by atoms with E-state index in [0.29, 0.717) is 19.2 Å². The Morgan fingerprint density at radius 1 is 0.923 bits per heavy atom. The number of rotatable bonds is 8. The van der Waals surface area contributed by atoms with E-state index >= 15 is 0 Å². The molecule has 0 unspecified atom stereocenters. The van der Waals surface area contributed by atoms with Crippen molar-refractivity contribution in [3.05, 3.63) is 0 Å². The van der Waals surface area contributed by atoms with Gasteiger partial charge < -0.3 is 19.1 Å². The molecule has 0 aromatic rings. The van der Waals surface area contributed by atoms with Crippen LogP contribution >= 0.6 is 0 Å². The molecule has 2 aliphatic carbocycles. The van der Waals surface area contributed by atoms with Gasteiger partial charge in [0.2, 0.25) is 0 Å². The van der Waals surface area contributed by atoms with Gasteiger partial charge in [-0.3, -0.25) is 0 Å². The highest BCUT2D eigenvalue weighted by atomic mass is 16.6. The molecule has 5 heteroatoms. The third kappa shape index (κ3) is 5.85. The monoisotopic (exact) mass is 367 g/mol. The summed E-state index contributed by atoms with van der Waals surface area (Å²) in [6.45, 7) is 11.1. The Balaban J connectivity index is 1.14. The van der Waals surface area contributed by atoms with Crippen LogP contribution in [0.3, 0.4) is 0 Å². The van der Waals surface area contributed by atoms with Crippen LogP contribution in [0.15, 0.2) is 0 Å². The quantitative estimate of drug-likeness (QED) is 0.644. The van der Waals surface area contributed by atoms with Crippen molar-refractivity contribution in [1.82, 2.24) is 4.90 Å². The Labute approximate surface area is 158 Å². The minimum atomic E-state index is -0.425. The molecule has 3 fully saturated rings. The maximum absolute atomic E-state index is 11.9. The zero-order valence-electron chi connectivity index (χ0n) is 17.0. The van der Waals surface area contributed by atoms with Crippen LogP contribution in [0.25, 0.3) is 0 Å². The van der Waals surface area contributed by atoms with E-state index in [9.17, 15) is 4.79 Å². The van der Waals surface area contributed by atoms with Gasteiger partial charge in [0.25, 0.3) is 0 Å². The molecule has 3 rings (SSSR count). The van der Waals surface area contributed by atoms with E-state index in [1.54, 1.807) is 4.90 Å². The Morgan fingerprint density at radius 3 is 1.96 bits per heavy atom. The molecule has 0 atom stereocenters. The number of ether oxygens (including phenoxy) is 3. The van der Waals surface area contributed by atoms with Crippen molar-refractivity contribution in [2.24, 2.45) is 17.8 Å². The number of amides is 1. The molecule has 0 bridgehead atoms. The van der Waals surface area contributed by atoms with E-state index < -0.39 is 5.60 Å². The highest BCUT2D eigenvalue weighted by Crippen LogP contribution is 2.39. The van der Waals surface area contributed by atoms with E-state index in [2.05, 4.69) is 6.92 Å². The standard InChI is InChI=1S/C21H37NO4/c1-15-9-18(10-15)24-7-5-16-11-17(12-16)6-8-25-19-13-22(14-19)20(23)26-21(2,3)4/h15-19H,5-14H2,1-4H3. The zero-order valence-corrected chi connectivity index (χ0v) is 17.0. The predicted molar refractivity (Wildman–Crippen MR) is 101 cm³/mol. The van der Waals surface area contributed by atoms with Crippen molar-refractivity contribution in [3.63, 3.8) is 0 Å². The summed E-state index contributed by atoms with van der Waals surface area (Å²) in [7, 11) is 0. The summed E-state index contributed by atoms with van der Waals surface area (Å²) in [6.07, 6.45) is 8.10. The minimum Gasteiger partial charge on any atom is -0.444 e. The van der Waals surface area contributed by atoms with Crippen molar-refractivity contribution >= 4 is 6.09 Å². The third-order valence-corrected chi connectivity index (χ3v) is 5.92. The highest BCUT2D eigenvalue weighted by molar-refractivity contribution is 5.69. The molecule has 150 valence electrons. The molecular weight excluding hydrogens is 330 g/mol. The van der Waals surface area contributed by atoms with Crippen LogP contribution in [-0.2, 0) is 14.2 Å². The fourth-order valence-electron chi connectivity index (χ4n) is 4.13. The van der Waals surface area contributed by atoms with Crippen molar-refractivity contribution in [1.29, 1.82) is 0 Å². The van der Waals surface area contributed by atoms with Crippen LogP contribution in [0, 0.1) is 17.8 Å². The topological polar surface area (TPSA) is 48.0 Å². The smallest absolute Gasteiger partial charge is 0.410 e. The number of hydrogen-bond acceptors (Lipinski definition) is 4. The predicted octanol–water partition coefficient (Wildman–Crippen LogP) is 4.24. The lowest BCUT2D eigenvalue weighted by Crippen LogP contribution is -2.56. The van der Waals surface area contributed by atoms with Gasteiger partial charge in [-0.15, -0.1) is 0 Å². The number of carbonyl (C=O) groups is 1. The molecule has 5 nitrogen and oxygen atoms in total. The summed E-state index contributed by atoms with van der Waals surface area (Å²) in [5.41, 5.74) is -0.425. The van der Waals surface area contributed by atoms with Crippen molar-refractivity contribution in [3.8, 4) is 0 Å². The fraction of sp³-hybridized carbons (Fsp3) is 0.952. The molecule has 1 heterocycles. The van der Waals surface area contributed by atoms with Gasteiger partial charge in [-0.05, 0) is 77.0 Å². The molecule has 26 heavy (non-hydrogen) atoms. The van der Waals surface area contributed by atoms with Crippen molar-refractivity contribution < 1.29 is 19.0 Å². The molecule has 0 spiro atoms. The van der Waals surface area contributed by atoms with E-state index in [4.69, 9.17) is 14.2 Å². The average Bonchev–Trinajstić information content (AvgIpc) is 2.41. The van der Waals surface area contributed by atoms with E-state index in [1.807, 2.05) is 20.8 Å². The number of carbonyl (C=O) groups excluding carboxylic acids is 1. The number of hydrogen-bond donors (Lipinski definition) is 0. The maximum Gasteiger partial charge on any atom is 0.410 e. The van der Waals surface area contributed by atoms with Gasteiger partial charge in [0.15, 0.2) is 0 Å². The molecule has 1 amide bonds. The van der Waals surface area contributed by atoms with Gasteiger partial charge in [-0.1, -0.05) is 6.92 Å². The van der Waals surface area contributed by atoms with Gasteiger partial charge in [0.1, 0.15) is 5.60 Å². The third-order valence-electron chi connectivity index (χ3n) is 5.92. The first-order valence-corrected chi connectivity index (χ1v) is 10.5. The van der Waals surface area contributed by atoms with Crippen LogP contribution in [0.5, 0.6) is 0 Å². The van der Waals surface area contributed by atoms with E-state index in [1.165, 1.54) is 32.1 Å². The first kappa shape index (κ1) is 19.9. The summed E-state index contributed by atoms with van der Waals surface area (Å²) in [5.74, 6) is 2.56. The lowest BCUT2D eigenvalue weighted by Gasteiger charge is -2.40. The summed E-state index contributed by atoms with van der Waals surface area (Å²) in [5, 5.41) is 0. The number of likely N-dealkylation sites (tertiary alicyclic amines) is 1. The van der Waals surface area contributed by atoms with Crippen molar-refractivity contribution in [2.75, 3.05) is 26.3 Å². The highest BCUT2D eigenvalue weighted by Gasteiger charge is 2.35. The molecular formula is C21H37NO4. The molecule has 0 radical (unpaired) electrons. The molecule has 1 aliphatic heterocycles. The van der Waals surface area contributed by atoms with Crippen molar-refractivity contribution in [2.45, 2.75) is 84.0 Å². The zero-order chi connectivity index (χ0) is 18.7. The maximum atomic E-state index is 11.9. The molecule has 0 N–H and O–H groups in total. The Bertz CT molecular complexity index is 457. The van der Waals surface area contributed by atoms with E-state index in [0.717, 1.165) is 37.4 Å². The SMILES string of the molecule is CC1CC(OCCC2CC(CCOC3CN(C(=O)OC(C)(C)C)C3)C2)C1. The second-order valence-electron chi connectivity index (χ2n) is 9.73. The van der Waals surface area contributed by atoms with E-state index in [-0.39, 0.29) is 12.2 Å². The second-order valence-corrected chi connectivity index (χ2v) is 9.73. The lowest BCUT2D eigenvalue weighted by molar-refractivity contribution is -0.0695. The average molecular weight is 368 g/mol. The van der Waals surface area contributed by atoms with Gasteiger partial charge >= 0.3 is 6.09 Å². The first-order valence-electron chi connectivity index (χ1n) is 10.5. The van der Waals surface area contributed by atoms with Gasteiger partial charge in [-0.2, -0.15) is 0 Å². The van der Waals surface area contributed by atoms with Crippen LogP contribution in [-0.4, -0.2) is 55.1 Å². The summed E-state index contributed by atoms with van der Waals surface area (Å²) in [6, 6.07) is 0. The van der Waals surface area contributed by atoms with Gasteiger partial charge in [0.05, 0.1) is 25.3 Å². The Hall–Kier alpha value is -0.810. The minimum absolute atomic E-state index is 0.191. The lowest BCUT2D eigenvalue weighted by atomic mass is 9.72. The Morgan fingerprint density at radius 2 is 1.46 bits per heavy atom. The molecule has 0 aromatic heterocycles. The van der Waals surface area contributed by atoms with Gasteiger partial charge in [0, 0.05) is 13.2 Å². The van der Waals surface area contributed by atoms with Gasteiger partial charge in [-0.25, -0.2) is 4.79 Å². The van der Waals surface area contributed by atoms with Crippen LogP contribution in [0.1, 0.15) is 66.2 Å². The van der Waals surface area contributed by atoms with Crippen LogP contribution in [0.4, 0.5) is 4.79 Å². The molecule has 3 aliphatic rings. The largest absolute Gasteiger partial charge is 0.444 e. The first-order chi connectivity index (χ1) is 12.3. The van der Waals surface area contributed by atoms with Crippen LogP contribution < -0.4 is 0 Å². The molecule has 0 aromatic carbocycles. The summed E-state index contributed by atoms with van der Waals surface area (Å²) in [4.78, 5) is 13.6. The second kappa shape index (κ2) is 8.47. The molecule has 2 saturated carbocycles. The Kier molecular flexibility index (Phi) is 6.50. The summed E-state index contributed by atoms with van der Waals surface area (Å²) >= 11 is 0. The van der Waals surface area contributed by atoms with Crippen LogP contribution in [0.2, 0.25) is 0 Å². The molecule has 1 saturated heterocycles. The number of nitrogens with zero attached hydrogens (tertiary/aromatic N) is 1. The fourth-order valence-corrected chi connectivity index (χ4v) is 4.13.